The summed E-state index contributed by atoms with van der Waals surface area (Å²) in [5.41, 5.74) is 0. The van der Waals surface area contributed by atoms with Gasteiger partial charge in [0.2, 0.25) is 0 Å². The molecule has 444 valence electrons. The Kier molecular flexibility index (Phi) is 61.4. The zero-order valence-corrected chi connectivity index (χ0v) is 50.8. The second-order valence-electron chi connectivity index (χ2n) is 20.6. The van der Waals surface area contributed by atoms with Crippen molar-refractivity contribution in [3.63, 3.8) is 0 Å². The van der Waals surface area contributed by atoms with Crippen molar-refractivity contribution in [2.24, 2.45) is 0 Å². The van der Waals surface area contributed by atoms with E-state index < -0.39 is 6.10 Å². The maximum absolute atomic E-state index is 12.9. The van der Waals surface area contributed by atoms with Gasteiger partial charge in [-0.2, -0.15) is 0 Å². The van der Waals surface area contributed by atoms with Gasteiger partial charge in [-0.05, 0) is 141 Å². The van der Waals surface area contributed by atoms with Crippen molar-refractivity contribution in [2.75, 3.05) is 13.2 Å². The summed E-state index contributed by atoms with van der Waals surface area (Å²) in [5, 5.41) is 0. The number of carbonyl (C=O) groups is 3. The van der Waals surface area contributed by atoms with E-state index in [-0.39, 0.29) is 31.1 Å². The van der Waals surface area contributed by atoms with Crippen molar-refractivity contribution in [1.29, 1.82) is 0 Å². The molecule has 79 heavy (non-hydrogen) atoms. The number of hydrogen-bond acceptors (Lipinski definition) is 6. The van der Waals surface area contributed by atoms with Gasteiger partial charge in [-0.1, -0.05) is 262 Å². The molecule has 0 N–H and O–H groups in total. The molecule has 6 nitrogen and oxygen atoms in total. The van der Waals surface area contributed by atoms with Crippen LogP contribution >= 0.6 is 0 Å². The summed E-state index contributed by atoms with van der Waals surface area (Å²) >= 11 is 0. The molecule has 0 aromatic rings. The number of carbonyl (C=O) groups excluding carboxylic acids is 3. The second-order valence-corrected chi connectivity index (χ2v) is 20.6. The van der Waals surface area contributed by atoms with Crippen LogP contribution in [0, 0.1) is 0 Å². The van der Waals surface area contributed by atoms with E-state index in [1.165, 1.54) is 38.5 Å². The fourth-order valence-corrected chi connectivity index (χ4v) is 8.17. The molecule has 0 aliphatic rings. The van der Waals surface area contributed by atoms with Crippen LogP contribution < -0.4 is 0 Å². The lowest BCUT2D eigenvalue weighted by Gasteiger charge is -2.18. The molecule has 0 aliphatic heterocycles. The molecule has 1 atom stereocenters. The van der Waals surface area contributed by atoms with Crippen molar-refractivity contribution >= 4 is 17.9 Å². The molecule has 0 heterocycles. The molecule has 0 saturated heterocycles. The SMILES string of the molecule is CC/C=C\C/C=C\C/C=C\C/C=C\C/C=C\C/C=C\C/C=C\C/C=C\C/C=C\CCCCCCCC(=O)OCC(COC(=O)CCCCCCC/C=C\C/C=C\CCCC)OC(=O)CCCCCCC/C=C\C/C=C\CCCC. The Morgan fingerprint density at radius 2 is 0.494 bits per heavy atom. The van der Waals surface area contributed by atoms with Crippen LogP contribution in [-0.2, 0) is 28.6 Å². The molecule has 0 spiro atoms. The smallest absolute Gasteiger partial charge is 0.306 e. The summed E-state index contributed by atoms with van der Waals surface area (Å²) in [4.78, 5) is 38.2. The van der Waals surface area contributed by atoms with Gasteiger partial charge in [0.15, 0.2) is 6.10 Å². The largest absolute Gasteiger partial charge is 0.462 e. The minimum atomic E-state index is -0.807. The van der Waals surface area contributed by atoms with Gasteiger partial charge in [-0.25, -0.2) is 0 Å². The van der Waals surface area contributed by atoms with Crippen molar-refractivity contribution in [2.45, 2.75) is 271 Å². The third kappa shape index (κ3) is 63.7. The molecule has 0 aliphatic carbocycles. The minimum Gasteiger partial charge on any atom is -0.462 e. The molecule has 0 amide bonds. The highest BCUT2D eigenvalue weighted by molar-refractivity contribution is 5.71. The molecule has 0 saturated carbocycles. The second kappa shape index (κ2) is 65.5. The zero-order valence-electron chi connectivity index (χ0n) is 50.8. The summed E-state index contributed by atoms with van der Waals surface area (Å²) in [6, 6.07) is 0. The molecule has 1 unspecified atom stereocenters. The van der Waals surface area contributed by atoms with E-state index in [0.717, 1.165) is 186 Å². The van der Waals surface area contributed by atoms with E-state index in [4.69, 9.17) is 14.2 Å². The first-order valence-corrected chi connectivity index (χ1v) is 32.0. The lowest BCUT2D eigenvalue weighted by molar-refractivity contribution is -0.167. The maximum Gasteiger partial charge on any atom is 0.306 e. The first kappa shape index (κ1) is 74.0. The van der Waals surface area contributed by atoms with Gasteiger partial charge in [-0.15, -0.1) is 0 Å². The standard InChI is InChI=1S/C73H116O6/c1-4-7-10-13-16-19-22-25-28-29-30-31-32-33-34-35-36-37-38-39-40-41-42-43-44-45-46-49-51-54-57-60-63-66-72(75)78-69-70(79-73(76)67-64-61-58-55-52-48-27-24-21-18-15-12-9-6-3)68-77-71(74)65-62-59-56-53-50-47-26-23-20-17-14-11-8-5-2/h7,10,14-19,23-28,30-31,33-34,36-37,39-40,42-43,45-46,70H,4-6,8-9,11-13,20-22,29,32,35,38,41,44,47-69H2,1-3H3/b10-7-,17-14-,18-15-,19-16-,26-23-,27-24-,28-25-,31-30-,34-33-,37-36-,40-39-,43-42-,46-45-. The Balaban J connectivity index is 4.35. The molecule has 0 aromatic carbocycles. The summed E-state index contributed by atoms with van der Waals surface area (Å²) in [6.07, 6.45) is 95.3. The van der Waals surface area contributed by atoms with Crippen LogP contribution in [0.1, 0.15) is 265 Å². The van der Waals surface area contributed by atoms with Gasteiger partial charge in [0.1, 0.15) is 13.2 Å². The number of unbranched alkanes of at least 4 members (excludes halogenated alkanes) is 19. The molecule has 0 rings (SSSR count). The summed E-state index contributed by atoms with van der Waals surface area (Å²) in [6.45, 7) is 6.40. The van der Waals surface area contributed by atoms with Crippen LogP contribution in [0.15, 0.2) is 158 Å². The van der Waals surface area contributed by atoms with E-state index in [2.05, 4.69) is 179 Å². The summed E-state index contributed by atoms with van der Waals surface area (Å²) in [7, 11) is 0. The van der Waals surface area contributed by atoms with E-state index in [0.29, 0.717) is 19.3 Å². The fraction of sp³-hybridized carbons (Fsp3) is 0.603. The van der Waals surface area contributed by atoms with Gasteiger partial charge in [0.05, 0.1) is 0 Å². The first-order chi connectivity index (χ1) is 39.0. The lowest BCUT2D eigenvalue weighted by atomic mass is 10.1. The zero-order chi connectivity index (χ0) is 57.1. The highest BCUT2D eigenvalue weighted by Crippen LogP contribution is 2.14. The predicted molar refractivity (Wildman–Crippen MR) is 343 cm³/mol. The summed E-state index contributed by atoms with van der Waals surface area (Å²) in [5.74, 6) is -0.954. The van der Waals surface area contributed by atoms with Crippen molar-refractivity contribution in [3.05, 3.63) is 158 Å². The molecule has 0 fully saturated rings. The van der Waals surface area contributed by atoms with Crippen LogP contribution in [0.4, 0.5) is 0 Å². The topological polar surface area (TPSA) is 78.9 Å². The minimum absolute atomic E-state index is 0.103. The number of ether oxygens (including phenoxy) is 3. The normalized spacial score (nSPS) is 13.2. The van der Waals surface area contributed by atoms with E-state index in [1.807, 2.05) is 0 Å². The molecular weight excluding hydrogens is 973 g/mol. The Labute approximate surface area is 486 Å². The van der Waals surface area contributed by atoms with Gasteiger partial charge < -0.3 is 14.2 Å². The molecule has 0 bridgehead atoms. The highest BCUT2D eigenvalue weighted by Gasteiger charge is 2.19. The van der Waals surface area contributed by atoms with E-state index >= 15 is 0 Å². The van der Waals surface area contributed by atoms with E-state index in [1.54, 1.807) is 0 Å². The quantitative estimate of drug-likeness (QED) is 0.0261. The Hall–Kier alpha value is -4.97. The fourth-order valence-electron chi connectivity index (χ4n) is 8.17. The number of hydrogen-bond donors (Lipinski definition) is 0. The molecule has 0 aromatic heterocycles. The van der Waals surface area contributed by atoms with Gasteiger partial charge in [0, 0.05) is 19.3 Å². The highest BCUT2D eigenvalue weighted by atomic mass is 16.6. The van der Waals surface area contributed by atoms with E-state index in [9.17, 15) is 14.4 Å². The number of allylic oxidation sites excluding steroid dienone is 26. The molecule has 0 radical (unpaired) electrons. The van der Waals surface area contributed by atoms with Crippen LogP contribution in [0.3, 0.4) is 0 Å². The van der Waals surface area contributed by atoms with Crippen molar-refractivity contribution < 1.29 is 28.6 Å². The Morgan fingerprint density at radius 1 is 0.266 bits per heavy atom. The molecule has 6 heteroatoms. The van der Waals surface area contributed by atoms with Gasteiger partial charge >= 0.3 is 17.9 Å². The molecular formula is C73H116O6. The van der Waals surface area contributed by atoms with Crippen LogP contribution in [0.2, 0.25) is 0 Å². The van der Waals surface area contributed by atoms with Crippen LogP contribution in [0.25, 0.3) is 0 Å². The maximum atomic E-state index is 12.9. The Morgan fingerprint density at radius 3 is 0.772 bits per heavy atom. The average Bonchev–Trinajstić information content (AvgIpc) is 3.45. The van der Waals surface area contributed by atoms with Gasteiger partial charge in [-0.3, -0.25) is 14.4 Å². The predicted octanol–water partition coefficient (Wildman–Crippen LogP) is 22.1. The Bertz CT molecular complexity index is 1780. The third-order valence-corrected chi connectivity index (χ3v) is 13.0. The van der Waals surface area contributed by atoms with Crippen LogP contribution in [-0.4, -0.2) is 37.2 Å². The van der Waals surface area contributed by atoms with Gasteiger partial charge in [0.25, 0.3) is 0 Å². The number of rotatable bonds is 56. The lowest BCUT2D eigenvalue weighted by Crippen LogP contribution is -2.30. The third-order valence-electron chi connectivity index (χ3n) is 13.0. The summed E-state index contributed by atoms with van der Waals surface area (Å²) < 4.78 is 16.9. The number of esters is 3. The van der Waals surface area contributed by atoms with Crippen LogP contribution in [0.5, 0.6) is 0 Å². The van der Waals surface area contributed by atoms with Crippen molar-refractivity contribution in [3.8, 4) is 0 Å². The van der Waals surface area contributed by atoms with Crippen molar-refractivity contribution in [1.82, 2.24) is 0 Å². The monoisotopic (exact) mass is 1090 g/mol. The average molecular weight is 1090 g/mol. The first-order valence-electron chi connectivity index (χ1n) is 32.0.